The molecule has 6 heteroatoms. The molecule has 1 aromatic rings. The number of anilines is 1. The molecule has 86 valence electrons. The van der Waals surface area contributed by atoms with Gasteiger partial charge in [0.1, 0.15) is 0 Å². The Balaban J connectivity index is 2.38. The van der Waals surface area contributed by atoms with E-state index in [9.17, 15) is 10.1 Å². The van der Waals surface area contributed by atoms with Crippen molar-refractivity contribution in [3.05, 3.63) is 27.9 Å². The van der Waals surface area contributed by atoms with Crippen LogP contribution in [0.3, 0.4) is 0 Å². The molecule has 1 aliphatic heterocycles. The predicted molar refractivity (Wildman–Crippen MR) is 60.1 cm³/mol. The van der Waals surface area contributed by atoms with Crippen LogP contribution in [0, 0.1) is 10.1 Å². The number of aromatic nitrogens is 1. The summed E-state index contributed by atoms with van der Waals surface area (Å²) in [5.74, 6) is 0.230. The molecule has 0 aliphatic carbocycles. The number of nitro groups is 1. The molecule has 0 saturated carbocycles. The zero-order chi connectivity index (χ0) is 11.5. The Labute approximate surface area is 93.0 Å². The number of hydrogen-bond acceptors (Lipinski definition) is 5. The summed E-state index contributed by atoms with van der Waals surface area (Å²) in [5, 5.41) is 14.2. The maximum atomic E-state index is 11.0. The summed E-state index contributed by atoms with van der Waals surface area (Å²) in [6.07, 6.45) is 3.36. The number of nitrogen functional groups attached to an aromatic ring is 1. The van der Waals surface area contributed by atoms with Gasteiger partial charge in [-0.1, -0.05) is 0 Å². The number of hydrogen-bond donors (Lipinski definition) is 2. The highest BCUT2D eigenvalue weighted by atomic mass is 16.6. The van der Waals surface area contributed by atoms with E-state index in [0.717, 1.165) is 31.5 Å². The largest absolute Gasteiger partial charge is 0.378 e. The Hall–Kier alpha value is -1.69. The van der Waals surface area contributed by atoms with Crippen LogP contribution in [0.5, 0.6) is 0 Å². The standard InChI is InChI=1S/C10H14N4O2/c11-10-9(14(15)16)8(3-6-13-10)7-1-4-12-5-2-7/h3,6-7,12H,1-2,4-5H2,(H2,11,13). The molecule has 0 spiro atoms. The first-order chi connectivity index (χ1) is 7.70. The average Bonchev–Trinajstić information content (AvgIpc) is 2.29. The molecule has 1 aliphatic rings. The molecule has 16 heavy (non-hydrogen) atoms. The van der Waals surface area contributed by atoms with Crippen molar-refractivity contribution < 1.29 is 4.92 Å². The van der Waals surface area contributed by atoms with E-state index in [1.165, 1.54) is 0 Å². The van der Waals surface area contributed by atoms with E-state index in [2.05, 4.69) is 10.3 Å². The molecule has 0 atom stereocenters. The van der Waals surface area contributed by atoms with E-state index in [4.69, 9.17) is 5.73 Å². The summed E-state index contributed by atoms with van der Waals surface area (Å²) in [7, 11) is 0. The molecule has 0 amide bonds. The van der Waals surface area contributed by atoms with Crippen LogP contribution in [-0.2, 0) is 0 Å². The number of piperidine rings is 1. The van der Waals surface area contributed by atoms with Gasteiger partial charge in [0.2, 0.25) is 5.82 Å². The molecule has 1 aromatic heterocycles. The third kappa shape index (κ3) is 1.96. The maximum absolute atomic E-state index is 11.0. The smallest absolute Gasteiger partial charge is 0.314 e. The van der Waals surface area contributed by atoms with Gasteiger partial charge in [-0.2, -0.15) is 0 Å². The molecule has 0 bridgehead atoms. The van der Waals surface area contributed by atoms with Gasteiger partial charge in [0.05, 0.1) is 4.92 Å². The molecule has 0 radical (unpaired) electrons. The molecule has 0 unspecified atom stereocenters. The first-order valence-corrected chi connectivity index (χ1v) is 5.29. The van der Waals surface area contributed by atoms with Gasteiger partial charge < -0.3 is 11.1 Å². The van der Waals surface area contributed by atoms with Crippen molar-refractivity contribution in [2.45, 2.75) is 18.8 Å². The van der Waals surface area contributed by atoms with Crippen LogP contribution in [0.4, 0.5) is 11.5 Å². The molecule has 6 nitrogen and oxygen atoms in total. The zero-order valence-electron chi connectivity index (χ0n) is 8.85. The number of rotatable bonds is 2. The van der Waals surface area contributed by atoms with Gasteiger partial charge in [0.25, 0.3) is 0 Å². The Bertz CT molecular complexity index is 402. The average molecular weight is 222 g/mol. The van der Waals surface area contributed by atoms with Gasteiger partial charge in [0, 0.05) is 11.8 Å². The van der Waals surface area contributed by atoms with Crippen LogP contribution >= 0.6 is 0 Å². The van der Waals surface area contributed by atoms with Crippen molar-refractivity contribution in [1.29, 1.82) is 0 Å². The summed E-state index contributed by atoms with van der Waals surface area (Å²) in [5.41, 5.74) is 6.26. The Kier molecular flexibility index (Phi) is 3.00. The second kappa shape index (κ2) is 4.44. The number of pyridine rings is 1. The fourth-order valence-corrected chi connectivity index (χ4v) is 2.15. The Morgan fingerprint density at radius 1 is 1.50 bits per heavy atom. The second-order valence-corrected chi connectivity index (χ2v) is 3.92. The lowest BCUT2D eigenvalue weighted by Crippen LogP contribution is -2.27. The van der Waals surface area contributed by atoms with E-state index >= 15 is 0 Å². The fourth-order valence-electron chi connectivity index (χ4n) is 2.15. The van der Waals surface area contributed by atoms with E-state index in [0.29, 0.717) is 0 Å². The van der Waals surface area contributed by atoms with Crippen molar-refractivity contribution in [1.82, 2.24) is 10.3 Å². The van der Waals surface area contributed by atoms with Gasteiger partial charge in [-0.05, 0) is 37.9 Å². The molecule has 1 fully saturated rings. The highest BCUT2D eigenvalue weighted by molar-refractivity contribution is 5.58. The van der Waals surface area contributed by atoms with Gasteiger partial charge in [-0.3, -0.25) is 10.1 Å². The van der Waals surface area contributed by atoms with Gasteiger partial charge in [0.15, 0.2) is 0 Å². The third-order valence-corrected chi connectivity index (χ3v) is 2.95. The summed E-state index contributed by atoms with van der Waals surface area (Å²) in [4.78, 5) is 14.3. The molecule has 3 N–H and O–H groups in total. The molecule has 2 rings (SSSR count). The second-order valence-electron chi connectivity index (χ2n) is 3.92. The summed E-state index contributed by atoms with van der Waals surface area (Å²) >= 11 is 0. The topological polar surface area (TPSA) is 94.1 Å². The molecule has 0 aromatic carbocycles. The fraction of sp³-hybridized carbons (Fsp3) is 0.500. The van der Waals surface area contributed by atoms with E-state index in [1.54, 1.807) is 12.3 Å². The lowest BCUT2D eigenvalue weighted by molar-refractivity contribution is -0.385. The highest BCUT2D eigenvalue weighted by Crippen LogP contribution is 2.34. The first-order valence-electron chi connectivity index (χ1n) is 5.29. The van der Waals surface area contributed by atoms with E-state index < -0.39 is 4.92 Å². The molecule has 2 heterocycles. The third-order valence-electron chi connectivity index (χ3n) is 2.95. The normalized spacial score (nSPS) is 17.2. The SMILES string of the molecule is Nc1nccc(C2CCNCC2)c1[N+](=O)[O-]. The van der Waals surface area contributed by atoms with Crippen LogP contribution in [0.1, 0.15) is 24.3 Å². The Morgan fingerprint density at radius 2 is 2.19 bits per heavy atom. The van der Waals surface area contributed by atoms with E-state index in [1.807, 2.05) is 0 Å². The minimum absolute atomic E-state index is 0.0148. The molecular formula is C10H14N4O2. The van der Waals surface area contributed by atoms with Crippen molar-refractivity contribution >= 4 is 11.5 Å². The van der Waals surface area contributed by atoms with Crippen LogP contribution < -0.4 is 11.1 Å². The first kappa shape index (κ1) is 10.8. The number of nitrogens with zero attached hydrogens (tertiary/aromatic N) is 2. The number of nitrogens with two attached hydrogens (primary N) is 1. The van der Waals surface area contributed by atoms with Crippen molar-refractivity contribution in [3.63, 3.8) is 0 Å². The van der Waals surface area contributed by atoms with Crippen molar-refractivity contribution in [3.8, 4) is 0 Å². The summed E-state index contributed by atoms with van der Waals surface area (Å²) in [6, 6.07) is 1.71. The molecule has 1 saturated heterocycles. The van der Waals surface area contributed by atoms with Crippen LogP contribution in [0.25, 0.3) is 0 Å². The van der Waals surface area contributed by atoms with E-state index in [-0.39, 0.29) is 17.4 Å². The van der Waals surface area contributed by atoms with Gasteiger partial charge in [-0.25, -0.2) is 4.98 Å². The monoisotopic (exact) mass is 222 g/mol. The maximum Gasteiger partial charge on any atom is 0.314 e. The lowest BCUT2D eigenvalue weighted by Gasteiger charge is -2.22. The van der Waals surface area contributed by atoms with Crippen LogP contribution in [-0.4, -0.2) is 23.0 Å². The minimum Gasteiger partial charge on any atom is -0.378 e. The summed E-state index contributed by atoms with van der Waals surface area (Å²) in [6.45, 7) is 1.79. The van der Waals surface area contributed by atoms with Crippen molar-refractivity contribution in [2.75, 3.05) is 18.8 Å². The van der Waals surface area contributed by atoms with Gasteiger partial charge in [-0.15, -0.1) is 0 Å². The predicted octanol–water partition coefficient (Wildman–Crippen LogP) is 1.04. The summed E-state index contributed by atoms with van der Waals surface area (Å²) < 4.78 is 0. The van der Waals surface area contributed by atoms with Crippen molar-refractivity contribution in [2.24, 2.45) is 0 Å². The Morgan fingerprint density at radius 3 is 2.81 bits per heavy atom. The minimum atomic E-state index is -0.431. The molecular weight excluding hydrogens is 208 g/mol. The van der Waals surface area contributed by atoms with Crippen LogP contribution in [0.15, 0.2) is 12.3 Å². The highest BCUT2D eigenvalue weighted by Gasteiger charge is 2.26. The quantitative estimate of drug-likeness (QED) is 0.576. The van der Waals surface area contributed by atoms with Gasteiger partial charge >= 0.3 is 5.69 Å². The zero-order valence-corrected chi connectivity index (χ0v) is 8.85. The lowest BCUT2D eigenvalue weighted by atomic mass is 9.89. The van der Waals surface area contributed by atoms with Crippen LogP contribution in [0.2, 0.25) is 0 Å². The number of nitrogens with one attached hydrogen (secondary N) is 1.